The third kappa shape index (κ3) is 6.59. The van der Waals surface area contributed by atoms with Crippen LogP contribution < -0.4 is 10.6 Å². The van der Waals surface area contributed by atoms with Gasteiger partial charge in [0.25, 0.3) is 0 Å². The smallest absolute Gasteiger partial charge is 0.318 e. The highest BCUT2D eigenvalue weighted by atomic mass is 16.5. The van der Waals surface area contributed by atoms with Crippen LogP contribution in [-0.4, -0.2) is 98.3 Å². The third-order valence-corrected chi connectivity index (χ3v) is 7.28. The first-order chi connectivity index (χ1) is 16.8. The van der Waals surface area contributed by atoms with Crippen molar-refractivity contribution in [3.63, 3.8) is 0 Å². The van der Waals surface area contributed by atoms with Crippen molar-refractivity contribution >= 4 is 17.7 Å². The summed E-state index contributed by atoms with van der Waals surface area (Å²) in [6.07, 6.45) is 2.30. The minimum Gasteiger partial charge on any atom is -0.378 e. The highest BCUT2D eigenvalue weighted by molar-refractivity contribution is 5.94. The van der Waals surface area contributed by atoms with Gasteiger partial charge in [-0.15, -0.1) is 0 Å². The maximum atomic E-state index is 13.6. The van der Waals surface area contributed by atoms with Gasteiger partial charge >= 0.3 is 6.03 Å². The van der Waals surface area contributed by atoms with Crippen molar-refractivity contribution in [2.45, 2.75) is 56.7 Å². The normalized spacial score (nSPS) is 24.4. The van der Waals surface area contributed by atoms with Crippen LogP contribution in [0.3, 0.4) is 0 Å². The number of amides is 3. The van der Waals surface area contributed by atoms with Crippen LogP contribution in [0.1, 0.15) is 38.7 Å². The molecule has 1 aromatic carbocycles. The summed E-state index contributed by atoms with van der Waals surface area (Å²) in [6.45, 7) is 8.63. The number of urea groups is 1. The van der Waals surface area contributed by atoms with Crippen molar-refractivity contribution in [2.24, 2.45) is 0 Å². The molecule has 3 aliphatic rings. The second-order valence-electron chi connectivity index (χ2n) is 10.4. The highest BCUT2D eigenvalue weighted by Gasteiger charge is 2.40. The van der Waals surface area contributed by atoms with E-state index in [9.17, 15) is 14.4 Å². The van der Waals surface area contributed by atoms with Crippen LogP contribution in [0.5, 0.6) is 0 Å². The molecular weight excluding hydrogens is 448 g/mol. The Morgan fingerprint density at radius 3 is 2.46 bits per heavy atom. The molecule has 192 valence electrons. The lowest BCUT2D eigenvalue weighted by Gasteiger charge is -2.33. The van der Waals surface area contributed by atoms with Gasteiger partial charge in [0.2, 0.25) is 5.91 Å². The molecule has 3 heterocycles. The Labute approximate surface area is 207 Å². The minimum absolute atomic E-state index is 0.00374. The van der Waals surface area contributed by atoms with Crippen LogP contribution in [0, 0.1) is 0 Å². The molecule has 3 atom stereocenters. The van der Waals surface area contributed by atoms with Crippen molar-refractivity contribution in [1.29, 1.82) is 0 Å². The first-order valence-corrected chi connectivity index (χ1v) is 12.7. The molecule has 3 saturated heterocycles. The second-order valence-corrected chi connectivity index (χ2v) is 10.4. The number of carbonyl (C=O) groups excluding carboxylic acids is 3. The zero-order valence-electron chi connectivity index (χ0n) is 20.8. The number of ketones is 1. The Morgan fingerprint density at radius 1 is 1.09 bits per heavy atom. The van der Waals surface area contributed by atoms with Crippen LogP contribution in [0.2, 0.25) is 0 Å². The first-order valence-electron chi connectivity index (χ1n) is 12.7. The number of hydrogen-bond acceptors (Lipinski definition) is 6. The standard InChI is InChI=1S/C26H38N4O5/c1-26(2,19-8-4-3-5-9-19)16-20(27-25(33)30-12-14-34-15-13-30)24(32)28-23-21(31)18-35-22(23)17-29-10-6-7-11-29/h3-5,8-9,20,22-23H,6-7,10-18H2,1-2H3,(H,27,33)(H,28,32)/t20-,22?,23?/m0/s1. The Kier molecular flexibility index (Phi) is 8.41. The Balaban J connectivity index is 1.48. The summed E-state index contributed by atoms with van der Waals surface area (Å²) in [4.78, 5) is 43.1. The molecule has 9 nitrogen and oxygen atoms in total. The molecule has 2 N–H and O–H groups in total. The molecule has 0 radical (unpaired) electrons. The van der Waals surface area contributed by atoms with Gasteiger partial charge in [-0.2, -0.15) is 0 Å². The number of benzene rings is 1. The summed E-state index contributed by atoms with van der Waals surface area (Å²) in [5.74, 6) is -0.478. The molecule has 0 aliphatic carbocycles. The van der Waals surface area contributed by atoms with Gasteiger partial charge in [0.15, 0.2) is 5.78 Å². The Morgan fingerprint density at radius 2 is 1.77 bits per heavy atom. The number of Topliss-reactive ketones (excluding diaryl/α,β-unsaturated/α-hetero) is 1. The van der Waals surface area contributed by atoms with E-state index < -0.39 is 12.1 Å². The van der Waals surface area contributed by atoms with E-state index in [1.165, 1.54) is 0 Å². The van der Waals surface area contributed by atoms with Gasteiger partial charge in [-0.1, -0.05) is 44.2 Å². The zero-order valence-corrected chi connectivity index (χ0v) is 20.8. The SMILES string of the molecule is CC(C)(C[C@H](NC(=O)N1CCOCC1)C(=O)NC1C(=O)COC1CN1CCCC1)c1ccccc1. The summed E-state index contributed by atoms with van der Waals surface area (Å²) in [5, 5.41) is 5.88. The minimum atomic E-state index is -0.804. The summed E-state index contributed by atoms with van der Waals surface area (Å²) in [6, 6.07) is 8.15. The lowest BCUT2D eigenvalue weighted by atomic mass is 9.79. The fraction of sp³-hybridized carbons (Fsp3) is 0.654. The van der Waals surface area contributed by atoms with Crippen molar-refractivity contribution < 1.29 is 23.9 Å². The van der Waals surface area contributed by atoms with Crippen LogP contribution >= 0.6 is 0 Å². The Bertz CT molecular complexity index is 881. The van der Waals surface area contributed by atoms with E-state index >= 15 is 0 Å². The van der Waals surface area contributed by atoms with E-state index in [1.54, 1.807) is 4.90 Å². The van der Waals surface area contributed by atoms with E-state index in [0.29, 0.717) is 39.3 Å². The largest absolute Gasteiger partial charge is 0.378 e. The molecule has 35 heavy (non-hydrogen) atoms. The summed E-state index contributed by atoms with van der Waals surface area (Å²) in [7, 11) is 0. The van der Waals surface area contributed by atoms with Crippen LogP contribution in [0.4, 0.5) is 4.79 Å². The summed E-state index contributed by atoms with van der Waals surface area (Å²) < 4.78 is 11.1. The van der Waals surface area contributed by atoms with E-state index in [1.807, 2.05) is 30.3 Å². The van der Waals surface area contributed by atoms with Gasteiger partial charge in [0, 0.05) is 19.6 Å². The molecule has 9 heteroatoms. The lowest BCUT2D eigenvalue weighted by molar-refractivity contribution is -0.128. The number of morpholine rings is 1. The molecule has 2 unspecified atom stereocenters. The predicted octanol–water partition coefficient (Wildman–Crippen LogP) is 1.31. The van der Waals surface area contributed by atoms with Crippen molar-refractivity contribution in [3.05, 3.63) is 35.9 Å². The number of likely N-dealkylation sites (tertiary alicyclic amines) is 1. The number of nitrogens with zero attached hydrogens (tertiary/aromatic N) is 2. The fourth-order valence-electron chi connectivity index (χ4n) is 5.12. The van der Waals surface area contributed by atoms with Gasteiger partial charge in [-0.3, -0.25) is 9.59 Å². The first kappa shape index (κ1) is 25.6. The van der Waals surface area contributed by atoms with Gasteiger partial charge in [-0.05, 0) is 43.3 Å². The van der Waals surface area contributed by atoms with Crippen molar-refractivity contribution in [3.8, 4) is 0 Å². The van der Waals surface area contributed by atoms with Gasteiger partial charge in [0.1, 0.15) is 18.7 Å². The lowest BCUT2D eigenvalue weighted by Crippen LogP contribution is -2.58. The van der Waals surface area contributed by atoms with Crippen molar-refractivity contribution in [1.82, 2.24) is 20.4 Å². The molecule has 1 aromatic rings. The average molecular weight is 487 g/mol. The second kappa shape index (κ2) is 11.5. The molecule has 3 fully saturated rings. The van der Waals surface area contributed by atoms with Gasteiger partial charge in [-0.25, -0.2) is 4.79 Å². The van der Waals surface area contributed by atoms with Gasteiger partial charge in [0.05, 0.1) is 19.3 Å². The number of rotatable bonds is 8. The number of nitrogens with one attached hydrogen (secondary N) is 2. The Hall–Kier alpha value is -2.49. The fourth-order valence-corrected chi connectivity index (χ4v) is 5.12. The van der Waals surface area contributed by atoms with E-state index in [-0.39, 0.29) is 35.8 Å². The molecule has 4 rings (SSSR count). The quantitative estimate of drug-likeness (QED) is 0.575. The monoisotopic (exact) mass is 486 g/mol. The molecule has 3 aliphatic heterocycles. The highest BCUT2D eigenvalue weighted by Crippen LogP contribution is 2.28. The van der Waals surface area contributed by atoms with Crippen LogP contribution in [0.25, 0.3) is 0 Å². The molecule has 0 bridgehead atoms. The average Bonchev–Trinajstić information content (AvgIpc) is 3.50. The maximum absolute atomic E-state index is 13.6. The number of hydrogen-bond donors (Lipinski definition) is 2. The third-order valence-electron chi connectivity index (χ3n) is 7.28. The predicted molar refractivity (Wildman–Crippen MR) is 131 cm³/mol. The van der Waals surface area contributed by atoms with Crippen LogP contribution in [-0.2, 0) is 24.5 Å². The molecule has 0 saturated carbocycles. The topological polar surface area (TPSA) is 100 Å². The summed E-state index contributed by atoms with van der Waals surface area (Å²) in [5.41, 5.74) is 0.692. The maximum Gasteiger partial charge on any atom is 0.318 e. The molecule has 0 aromatic heterocycles. The van der Waals surface area contributed by atoms with E-state index in [4.69, 9.17) is 9.47 Å². The van der Waals surface area contributed by atoms with Crippen LogP contribution in [0.15, 0.2) is 30.3 Å². The number of ether oxygens (including phenoxy) is 2. The van der Waals surface area contributed by atoms with E-state index in [0.717, 1.165) is 31.5 Å². The number of carbonyl (C=O) groups is 3. The molecular formula is C26H38N4O5. The van der Waals surface area contributed by atoms with Gasteiger partial charge < -0.3 is 29.9 Å². The summed E-state index contributed by atoms with van der Waals surface area (Å²) >= 11 is 0. The zero-order chi connectivity index (χ0) is 24.8. The van der Waals surface area contributed by atoms with E-state index in [2.05, 4.69) is 29.4 Å². The van der Waals surface area contributed by atoms with Crippen molar-refractivity contribution in [2.75, 3.05) is 52.5 Å². The molecule has 3 amide bonds. The molecule has 0 spiro atoms.